The smallest absolute Gasteiger partial charge is 0.242 e. The monoisotopic (exact) mass is 279 g/mol. The van der Waals surface area contributed by atoms with Crippen LogP contribution in [0.4, 0.5) is 0 Å². The van der Waals surface area contributed by atoms with Gasteiger partial charge in [-0.05, 0) is 33.9 Å². The highest BCUT2D eigenvalue weighted by Gasteiger charge is 2.15. The lowest BCUT2D eigenvalue weighted by Crippen LogP contribution is -2.41. The quantitative estimate of drug-likeness (QED) is 0.667. The van der Waals surface area contributed by atoms with Gasteiger partial charge in [0.25, 0.3) is 0 Å². The molecule has 0 aliphatic rings. The van der Waals surface area contributed by atoms with Crippen LogP contribution in [0, 0.1) is 0 Å². The number of likely N-dealkylation sites (N-methyl/N-ethyl adjacent to an activating group) is 2. The van der Waals surface area contributed by atoms with Crippen LogP contribution in [0.25, 0.3) is 0 Å². The first kappa shape index (κ1) is 19.5. The Morgan fingerprint density at radius 2 is 1.67 bits per heavy atom. The molecule has 108 valence electrons. The Labute approximate surface area is 116 Å². The van der Waals surface area contributed by atoms with Crippen LogP contribution in [0.2, 0.25) is 0 Å². The largest absolute Gasteiger partial charge is 0.342 e. The van der Waals surface area contributed by atoms with E-state index in [1.807, 2.05) is 20.9 Å². The lowest BCUT2D eigenvalue weighted by atomic mass is 10.2. The van der Waals surface area contributed by atoms with E-state index >= 15 is 0 Å². The molecule has 0 aromatic carbocycles. The maximum absolute atomic E-state index is 11.8. The van der Waals surface area contributed by atoms with Crippen molar-refractivity contribution in [1.82, 2.24) is 15.1 Å². The standard InChI is InChI=1S/C12H25N3O2.ClH/c1-5-15(6-2)12(17)10-14(4)11(16)8-7-9-13-3;/h13H,5-10H2,1-4H3;1H. The lowest BCUT2D eigenvalue weighted by molar-refractivity contribution is -0.139. The van der Waals surface area contributed by atoms with Gasteiger partial charge in [-0.15, -0.1) is 12.4 Å². The second kappa shape index (κ2) is 11.3. The van der Waals surface area contributed by atoms with Gasteiger partial charge in [0.15, 0.2) is 0 Å². The van der Waals surface area contributed by atoms with Crippen molar-refractivity contribution in [2.75, 3.05) is 40.3 Å². The van der Waals surface area contributed by atoms with Gasteiger partial charge >= 0.3 is 0 Å². The van der Waals surface area contributed by atoms with Crippen LogP contribution in [0.1, 0.15) is 26.7 Å². The van der Waals surface area contributed by atoms with Crippen molar-refractivity contribution in [3.63, 3.8) is 0 Å². The van der Waals surface area contributed by atoms with Gasteiger partial charge in [-0.1, -0.05) is 0 Å². The summed E-state index contributed by atoms with van der Waals surface area (Å²) in [6.45, 7) is 6.27. The number of amides is 2. The summed E-state index contributed by atoms with van der Waals surface area (Å²) < 4.78 is 0. The summed E-state index contributed by atoms with van der Waals surface area (Å²) >= 11 is 0. The molecule has 1 N–H and O–H groups in total. The summed E-state index contributed by atoms with van der Waals surface area (Å²) in [5.41, 5.74) is 0. The Morgan fingerprint density at radius 3 is 2.11 bits per heavy atom. The third-order valence-corrected chi connectivity index (χ3v) is 2.73. The van der Waals surface area contributed by atoms with E-state index < -0.39 is 0 Å². The van der Waals surface area contributed by atoms with Crippen LogP contribution in [-0.4, -0.2) is 61.9 Å². The molecule has 0 saturated carbocycles. The molecule has 0 atom stereocenters. The molecular weight excluding hydrogens is 254 g/mol. The van der Waals surface area contributed by atoms with Gasteiger partial charge in [-0.25, -0.2) is 0 Å². The minimum atomic E-state index is 0. The Kier molecular flexibility index (Phi) is 12.2. The first-order valence-corrected chi connectivity index (χ1v) is 6.23. The van der Waals surface area contributed by atoms with Crippen molar-refractivity contribution >= 4 is 24.2 Å². The summed E-state index contributed by atoms with van der Waals surface area (Å²) in [5.74, 6) is 0.0419. The fraction of sp³-hybridized carbons (Fsp3) is 0.833. The summed E-state index contributed by atoms with van der Waals surface area (Å²) in [7, 11) is 3.54. The Balaban J connectivity index is 0. The predicted octanol–water partition coefficient (Wildman–Crippen LogP) is 0.735. The molecule has 0 unspecified atom stereocenters. The van der Waals surface area contributed by atoms with Crippen molar-refractivity contribution in [3.05, 3.63) is 0 Å². The van der Waals surface area contributed by atoms with Crippen molar-refractivity contribution in [3.8, 4) is 0 Å². The van der Waals surface area contributed by atoms with Gasteiger partial charge in [0, 0.05) is 26.6 Å². The number of nitrogens with zero attached hydrogens (tertiary/aromatic N) is 2. The van der Waals surface area contributed by atoms with Crippen molar-refractivity contribution < 1.29 is 9.59 Å². The zero-order valence-corrected chi connectivity index (χ0v) is 12.7. The first-order chi connectivity index (χ1) is 8.06. The maximum atomic E-state index is 11.8. The van der Waals surface area contributed by atoms with Crippen LogP contribution < -0.4 is 5.32 Å². The van der Waals surface area contributed by atoms with E-state index in [4.69, 9.17) is 0 Å². The summed E-state index contributed by atoms with van der Waals surface area (Å²) in [6.07, 6.45) is 1.29. The molecule has 6 heteroatoms. The fourth-order valence-corrected chi connectivity index (χ4v) is 1.57. The highest BCUT2D eigenvalue weighted by atomic mass is 35.5. The van der Waals surface area contributed by atoms with E-state index in [0.29, 0.717) is 19.5 Å². The SMILES string of the molecule is CCN(CC)C(=O)CN(C)C(=O)CCCNC.Cl. The van der Waals surface area contributed by atoms with Crippen molar-refractivity contribution in [2.45, 2.75) is 26.7 Å². The Hall–Kier alpha value is -0.810. The van der Waals surface area contributed by atoms with Crippen LogP contribution in [0.3, 0.4) is 0 Å². The molecule has 0 bridgehead atoms. The number of nitrogens with one attached hydrogen (secondary N) is 1. The molecule has 2 amide bonds. The summed E-state index contributed by atoms with van der Waals surface area (Å²) in [6, 6.07) is 0. The molecule has 0 spiro atoms. The minimum Gasteiger partial charge on any atom is -0.342 e. The number of rotatable bonds is 8. The van der Waals surface area contributed by atoms with Crippen molar-refractivity contribution in [1.29, 1.82) is 0 Å². The zero-order valence-electron chi connectivity index (χ0n) is 11.9. The van der Waals surface area contributed by atoms with Gasteiger partial charge in [0.1, 0.15) is 0 Å². The molecule has 0 fully saturated rings. The molecule has 0 heterocycles. The van der Waals surface area contributed by atoms with Crippen molar-refractivity contribution in [2.24, 2.45) is 0 Å². The third kappa shape index (κ3) is 7.50. The number of carbonyl (C=O) groups is 2. The number of hydrogen-bond donors (Lipinski definition) is 1. The second-order valence-electron chi connectivity index (χ2n) is 4.02. The van der Waals surface area contributed by atoms with Crippen LogP contribution in [0.15, 0.2) is 0 Å². The lowest BCUT2D eigenvalue weighted by Gasteiger charge is -2.23. The normalized spacial score (nSPS) is 9.56. The van der Waals surface area contributed by atoms with E-state index in [9.17, 15) is 9.59 Å². The molecule has 18 heavy (non-hydrogen) atoms. The number of carbonyl (C=O) groups excluding carboxylic acids is 2. The van der Waals surface area contributed by atoms with Crippen LogP contribution in [0.5, 0.6) is 0 Å². The summed E-state index contributed by atoms with van der Waals surface area (Å²) in [4.78, 5) is 26.7. The Morgan fingerprint density at radius 1 is 1.11 bits per heavy atom. The molecule has 0 radical (unpaired) electrons. The molecule has 0 aliphatic carbocycles. The minimum absolute atomic E-state index is 0. The molecule has 0 saturated heterocycles. The topological polar surface area (TPSA) is 52.7 Å². The molecular formula is C12H26ClN3O2. The average molecular weight is 280 g/mol. The highest BCUT2D eigenvalue weighted by molar-refractivity contribution is 5.85. The second-order valence-corrected chi connectivity index (χ2v) is 4.02. The summed E-state index contributed by atoms with van der Waals surface area (Å²) in [5, 5.41) is 2.99. The van der Waals surface area contributed by atoms with Gasteiger partial charge in [0.2, 0.25) is 11.8 Å². The van der Waals surface area contributed by atoms with Gasteiger partial charge in [-0.3, -0.25) is 9.59 Å². The number of halogens is 1. The van der Waals surface area contributed by atoms with Gasteiger partial charge < -0.3 is 15.1 Å². The van der Waals surface area contributed by atoms with E-state index in [0.717, 1.165) is 13.0 Å². The van der Waals surface area contributed by atoms with Gasteiger partial charge in [0.05, 0.1) is 6.54 Å². The molecule has 0 aromatic rings. The maximum Gasteiger partial charge on any atom is 0.242 e. The molecule has 5 nitrogen and oxygen atoms in total. The van der Waals surface area contributed by atoms with Gasteiger partial charge in [-0.2, -0.15) is 0 Å². The van der Waals surface area contributed by atoms with Crippen LogP contribution in [-0.2, 0) is 9.59 Å². The first-order valence-electron chi connectivity index (χ1n) is 6.23. The Bertz CT molecular complexity index is 245. The van der Waals surface area contributed by atoms with E-state index in [-0.39, 0.29) is 30.8 Å². The third-order valence-electron chi connectivity index (χ3n) is 2.73. The fourth-order valence-electron chi connectivity index (χ4n) is 1.57. The zero-order chi connectivity index (χ0) is 13.3. The number of hydrogen-bond acceptors (Lipinski definition) is 3. The molecule has 0 rings (SSSR count). The average Bonchev–Trinajstić information content (AvgIpc) is 2.30. The predicted molar refractivity (Wildman–Crippen MR) is 76.0 cm³/mol. The van der Waals surface area contributed by atoms with Crippen LogP contribution >= 0.6 is 12.4 Å². The highest BCUT2D eigenvalue weighted by Crippen LogP contribution is 1.97. The van der Waals surface area contributed by atoms with E-state index in [2.05, 4.69) is 5.32 Å². The van der Waals surface area contributed by atoms with E-state index in [1.54, 1.807) is 11.9 Å². The molecule has 0 aliphatic heterocycles. The molecule has 0 aromatic heterocycles. The van der Waals surface area contributed by atoms with E-state index in [1.165, 1.54) is 4.90 Å².